The first-order chi connectivity index (χ1) is 37.2. The summed E-state index contributed by atoms with van der Waals surface area (Å²) in [5.41, 5.74) is 6.92. The average Bonchev–Trinajstić information content (AvgIpc) is 3.89. The van der Waals surface area contributed by atoms with Crippen LogP contribution in [0.4, 0.5) is 22.7 Å². The molecule has 1 unspecified atom stereocenters. The molecule has 2 aromatic heterocycles. The van der Waals surface area contributed by atoms with Crippen LogP contribution in [0.15, 0.2) is 115 Å². The Hall–Kier alpha value is -5.45. The van der Waals surface area contributed by atoms with Gasteiger partial charge in [0.15, 0.2) is 0 Å². The number of azo groups is 2. The maximum absolute atomic E-state index is 12.6. The molecule has 25 heteroatoms. The Morgan fingerprint density at radius 3 is 1.33 bits per heavy atom. The van der Waals surface area contributed by atoms with Gasteiger partial charge >= 0.3 is 18.8 Å². The fourth-order valence-corrected chi connectivity index (χ4v) is 10.3. The molecule has 0 aliphatic heterocycles. The van der Waals surface area contributed by atoms with Crippen molar-refractivity contribution in [2.45, 2.75) is 139 Å². The monoisotopic (exact) mass is 1200 g/mol. The molecule has 20 nitrogen and oxygen atoms in total. The predicted octanol–water partition coefficient (Wildman–Crippen LogP) is 10.1. The minimum Gasteiger partial charge on any atom is -0.871 e. The van der Waals surface area contributed by atoms with Gasteiger partial charge in [-0.3, -0.25) is 0 Å². The van der Waals surface area contributed by atoms with Crippen LogP contribution in [0.2, 0.25) is 10.0 Å². The minimum absolute atomic E-state index is 0. The van der Waals surface area contributed by atoms with Gasteiger partial charge in [0.05, 0.1) is 43.9 Å². The number of nitrogens with one attached hydrogen (secondary N) is 3. The molecular weight excluding hydrogens is 1130 g/mol. The van der Waals surface area contributed by atoms with Crippen molar-refractivity contribution in [3.63, 3.8) is 0 Å². The number of halogens is 2. The molecule has 2 saturated carbocycles. The number of unbranched alkanes of at least 4 members (excludes halogenated alkanes) is 1. The van der Waals surface area contributed by atoms with Crippen molar-refractivity contribution in [2.24, 2.45) is 32.1 Å². The summed E-state index contributed by atoms with van der Waals surface area (Å²) in [6.45, 7) is 8.48. The summed E-state index contributed by atoms with van der Waals surface area (Å²) >= 11 is 11.7. The van der Waals surface area contributed by atoms with Gasteiger partial charge in [-0.05, 0) is 157 Å². The van der Waals surface area contributed by atoms with Crippen molar-refractivity contribution in [2.75, 3.05) is 20.6 Å². The number of hydrogen-bond donors (Lipinski definition) is 4. The first-order valence-electron chi connectivity index (χ1n) is 26.1. The van der Waals surface area contributed by atoms with Crippen LogP contribution in [-0.2, 0) is 37.4 Å². The van der Waals surface area contributed by atoms with E-state index in [9.17, 15) is 37.3 Å². The van der Waals surface area contributed by atoms with E-state index in [0.717, 1.165) is 46.0 Å². The molecule has 0 spiro atoms. The maximum Gasteiger partial charge on any atom is 3.00 e. The summed E-state index contributed by atoms with van der Waals surface area (Å²) in [6, 6.07) is 21.5. The molecule has 0 amide bonds. The molecule has 4 aromatic carbocycles. The van der Waals surface area contributed by atoms with E-state index in [1.165, 1.54) is 128 Å². The van der Waals surface area contributed by atoms with Gasteiger partial charge in [0.25, 0.3) is 0 Å². The molecule has 1 atom stereocenters. The largest absolute Gasteiger partial charge is 3.00 e. The predicted molar refractivity (Wildman–Crippen MR) is 298 cm³/mol. The third kappa shape index (κ3) is 19.4. The molecular formula is C54H71Cl2CrN12O8S2. The number of benzene rings is 4. The van der Waals surface area contributed by atoms with Crippen molar-refractivity contribution in [1.29, 1.82) is 0 Å². The number of aromatic nitrogens is 4. The summed E-state index contributed by atoms with van der Waals surface area (Å²) in [6.07, 6.45) is 19.8. The van der Waals surface area contributed by atoms with Gasteiger partial charge in [0, 0.05) is 33.9 Å². The fraction of sp³-hybridized carbons (Fsp3) is 0.444. The Labute approximate surface area is 486 Å². The molecule has 5 N–H and O–H groups in total. The van der Waals surface area contributed by atoms with E-state index in [1.807, 2.05) is 0 Å². The Bertz CT molecular complexity index is 2950. The zero-order chi connectivity index (χ0) is 57.0. The van der Waals surface area contributed by atoms with E-state index in [0.29, 0.717) is 32.8 Å². The van der Waals surface area contributed by atoms with Gasteiger partial charge in [-0.15, -0.1) is 10.2 Å². The minimum atomic E-state index is -3.74. The smallest absolute Gasteiger partial charge is 0.871 e. The van der Waals surface area contributed by atoms with Crippen molar-refractivity contribution < 1.29 is 56.0 Å². The molecule has 2 heterocycles. The number of hydrogen-bond acceptors (Lipinski definition) is 16. The quantitative estimate of drug-likeness (QED) is 0.0620. The van der Waals surface area contributed by atoms with E-state index in [1.54, 1.807) is 62.4 Å². The van der Waals surface area contributed by atoms with Crippen LogP contribution in [0, 0.1) is 19.8 Å². The number of rotatable bonds is 17. The number of nitrogens with two attached hydrogens (primary N) is 1. The van der Waals surface area contributed by atoms with E-state index < -0.39 is 43.3 Å². The van der Waals surface area contributed by atoms with Crippen LogP contribution in [0.5, 0.6) is 23.3 Å². The van der Waals surface area contributed by atoms with Crippen LogP contribution >= 0.6 is 23.2 Å². The Morgan fingerprint density at radius 2 is 1.01 bits per heavy atom. The summed E-state index contributed by atoms with van der Waals surface area (Å²) in [5, 5.41) is 77.8. The molecule has 2 aliphatic carbocycles. The second-order valence-electron chi connectivity index (χ2n) is 18.8. The van der Waals surface area contributed by atoms with Gasteiger partial charge in [-0.2, -0.15) is 20.4 Å². The molecule has 1 radical (unpaired) electrons. The second kappa shape index (κ2) is 32.1. The fourth-order valence-electron chi connectivity index (χ4n) is 8.53. The Balaban J connectivity index is 0.000000302. The zero-order valence-electron chi connectivity index (χ0n) is 46.3. The van der Waals surface area contributed by atoms with E-state index >= 15 is 0 Å². The summed E-state index contributed by atoms with van der Waals surface area (Å²) in [4.78, 5) is -0.370. The van der Waals surface area contributed by atoms with E-state index in [4.69, 9.17) is 28.9 Å². The summed E-state index contributed by atoms with van der Waals surface area (Å²) in [5.74, 6) is -1.52. The van der Waals surface area contributed by atoms with Crippen molar-refractivity contribution >= 4 is 66.0 Å². The first-order valence-corrected chi connectivity index (χ1v) is 29.8. The van der Waals surface area contributed by atoms with Crippen LogP contribution in [0.25, 0.3) is 11.4 Å². The number of aryl methyl sites for hydroxylation is 2. The van der Waals surface area contributed by atoms with Crippen molar-refractivity contribution in [3.8, 4) is 34.6 Å². The van der Waals surface area contributed by atoms with Crippen LogP contribution in [-0.4, -0.2) is 69.1 Å². The molecule has 0 bridgehead atoms. The van der Waals surface area contributed by atoms with Crippen molar-refractivity contribution in [3.05, 3.63) is 106 Å². The van der Waals surface area contributed by atoms with Crippen molar-refractivity contribution in [1.82, 2.24) is 34.3 Å². The second-order valence-corrected chi connectivity index (χ2v) is 23.5. The zero-order valence-corrected chi connectivity index (χ0v) is 49.7. The Morgan fingerprint density at radius 1 is 0.633 bits per heavy atom. The van der Waals surface area contributed by atoms with E-state index in [2.05, 4.69) is 59.3 Å². The topological polar surface area (TPSA) is 308 Å². The molecule has 0 saturated heterocycles. The number of sulfonamides is 2. The van der Waals surface area contributed by atoms with Crippen LogP contribution in [0.1, 0.15) is 117 Å². The first kappa shape index (κ1) is 66.1. The van der Waals surface area contributed by atoms with Gasteiger partial charge in [-0.25, -0.2) is 35.6 Å². The standard InChI is InChI=1S/2C17H16ClN5O4S.C12H23N.C8H19N.Cr/c2*1-10-16(17(25)23(22-10)12-5-3-11(18)4-6-12)21-20-14-8-7-13(9-15(14)24)28(26,27)19-2;1-3-7-11(8-4-1)13-12-9-5-2-6-10-12;1-3-5-6-8(4-2)7-9;/h2*3-9,19,24-25H,1-2H3;11-13H,1-10H2;8H,3-7,9H2,1-2H3;/q;;;;+3/p-3. The SMILES string of the molecule is C1CCC(NC2CCCCC2)CC1.CCCCC(CC)CN.CNS(=O)(=O)c1ccc(N=Nc2c(C)nn(-c3ccc(Cl)cc3)c2[O-])c([O-])c1.CNS(=O)(=O)c1ccc(N=Nc2c(C)nn(-c3ccc(Cl)cc3)c2[O-])c([O-])c1.[Cr+3].[H+]. The molecule has 6 aromatic rings. The molecule has 427 valence electrons. The third-order valence-electron chi connectivity index (χ3n) is 13.2. The van der Waals surface area contributed by atoms with E-state index in [-0.39, 0.29) is 51.3 Å². The van der Waals surface area contributed by atoms with Crippen LogP contribution in [0.3, 0.4) is 0 Å². The molecule has 2 aliphatic rings. The normalized spacial score (nSPS) is 14.6. The summed E-state index contributed by atoms with van der Waals surface area (Å²) in [7, 11) is -5.01. The van der Waals surface area contributed by atoms with Gasteiger partial charge in [-0.1, -0.05) is 106 Å². The van der Waals surface area contributed by atoms with Gasteiger partial charge in [0.2, 0.25) is 20.0 Å². The average molecular weight is 1200 g/mol. The molecule has 8 rings (SSSR count). The van der Waals surface area contributed by atoms with Crippen LogP contribution < -0.4 is 40.9 Å². The molecule has 2 fully saturated rings. The third-order valence-corrected chi connectivity index (χ3v) is 16.5. The Kier molecular flexibility index (Phi) is 26.9. The number of nitrogens with zero attached hydrogens (tertiary/aromatic N) is 8. The van der Waals surface area contributed by atoms with Gasteiger partial charge in [0.1, 0.15) is 11.4 Å². The molecule has 79 heavy (non-hydrogen) atoms. The maximum atomic E-state index is 12.6. The van der Waals surface area contributed by atoms with Gasteiger partial charge < -0.3 is 31.5 Å². The summed E-state index contributed by atoms with van der Waals surface area (Å²) < 4.78 is 53.4.